The van der Waals surface area contributed by atoms with Gasteiger partial charge in [-0.15, -0.1) is 0 Å². The molecule has 2 aromatic rings. The lowest BCUT2D eigenvalue weighted by atomic mass is 10.2. The number of fused-ring (bicyclic) bond motifs is 1. The van der Waals surface area contributed by atoms with Crippen LogP contribution < -0.4 is 11.5 Å². The molecule has 2 rings (SSSR count). The van der Waals surface area contributed by atoms with Gasteiger partial charge in [-0.25, -0.2) is 0 Å². The molecular weight excluding hydrogens is 164 g/mol. The third kappa shape index (κ3) is 1.02. The number of anilines is 2. The van der Waals surface area contributed by atoms with Crippen molar-refractivity contribution in [2.45, 2.75) is 6.92 Å². The lowest BCUT2D eigenvalue weighted by Gasteiger charge is -2.00. The molecule has 0 aliphatic rings. The zero-order chi connectivity index (χ0) is 9.59. The summed E-state index contributed by atoms with van der Waals surface area (Å²) in [5.74, 6) is 0. The number of hydrogen-bond acceptors (Lipinski definition) is 3. The van der Waals surface area contributed by atoms with Crippen molar-refractivity contribution in [3.8, 4) is 0 Å². The number of nitrogens with zero attached hydrogens (tertiary/aromatic N) is 2. The van der Waals surface area contributed by atoms with Crippen molar-refractivity contribution in [3.63, 3.8) is 0 Å². The number of nitrogen functional groups attached to an aromatic ring is 2. The van der Waals surface area contributed by atoms with Crippen molar-refractivity contribution >= 4 is 22.3 Å². The number of benzene rings is 1. The van der Waals surface area contributed by atoms with Crippen LogP contribution in [0.1, 0.15) is 5.69 Å². The van der Waals surface area contributed by atoms with E-state index in [0.717, 1.165) is 16.6 Å². The van der Waals surface area contributed by atoms with Gasteiger partial charge in [0.1, 0.15) is 0 Å². The maximum absolute atomic E-state index is 5.70. The van der Waals surface area contributed by atoms with Crippen molar-refractivity contribution < 1.29 is 0 Å². The first kappa shape index (κ1) is 7.91. The maximum atomic E-state index is 5.70. The lowest BCUT2D eigenvalue weighted by Crippen LogP contribution is -1.95. The van der Waals surface area contributed by atoms with Gasteiger partial charge < -0.3 is 11.5 Å². The number of rotatable bonds is 0. The summed E-state index contributed by atoms with van der Waals surface area (Å²) >= 11 is 0. The fourth-order valence-electron chi connectivity index (χ4n) is 1.51. The zero-order valence-corrected chi connectivity index (χ0v) is 7.70. The molecule has 0 bridgehead atoms. The Bertz CT molecular complexity index is 428. The molecule has 1 heterocycles. The van der Waals surface area contributed by atoms with E-state index in [1.807, 2.05) is 26.1 Å². The minimum Gasteiger partial charge on any atom is -0.397 e. The van der Waals surface area contributed by atoms with Crippen LogP contribution in [0.5, 0.6) is 0 Å². The Morgan fingerprint density at radius 1 is 1.23 bits per heavy atom. The van der Waals surface area contributed by atoms with Crippen LogP contribution in [0.15, 0.2) is 12.1 Å². The highest BCUT2D eigenvalue weighted by molar-refractivity contribution is 5.90. The molecule has 0 atom stereocenters. The molecule has 4 heteroatoms. The van der Waals surface area contributed by atoms with Gasteiger partial charge in [0.15, 0.2) is 0 Å². The predicted octanol–water partition coefficient (Wildman–Crippen LogP) is 1.05. The van der Waals surface area contributed by atoms with Crippen molar-refractivity contribution in [1.82, 2.24) is 9.78 Å². The van der Waals surface area contributed by atoms with E-state index in [0.29, 0.717) is 11.4 Å². The molecule has 1 aromatic carbocycles. The summed E-state index contributed by atoms with van der Waals surface area (Å²) in [4.78, 5) is 0. The van der Waals surface area contributed by atoms with Crippen LogP contribution in [0.3, 0.4) is 0 Å². The minimum atomic E-state index is 0.607. The van der Waals surface area contributed by atoms with Gasteiger partial charge in [-0.2, -0.15) is 5.10 Å². The van der Waals surface area contributed by atoms with Gasteiger partial charge >= 0.3 is 0 Å². The normalized spacial score (nSPS) is 10.9. The monoisotopic (exact) mass is 176 g/mol. The van der Waals surface area contributed by atoms with E-state index in [2.05, 4.69) is 5.10 Å². The molecular formula is C9H12N4. The van der Waals surface area contributed by atoms with Crippen LogP contribution >= 0.6 is 0 Å². The Morgan fingerprint density at radius 2 is 1.85 bits per heavy atom. The Labute approximate surface area is 76.1 Å². The van der Waals surface area contributed by atoms with Gasteiger partial charge in [0.25, 0.3) is 0 Å². The molecule has 1 aromatic heterocycles. The number of nitrogens with two attached hydrogens (primary N) is 2. The standard InChI is InChI=1S/C9H12N4/c1-5-6-3-7(10)8(11)4-9(6)13(2)12-5/h3-4H,10-11H2,1-2H3. The second kappa shape index (κ2) is 2.39. The van der Waals surface area contributed by atoms with Crippen LogP contribution in [0.25, 0.3) is 10.9 Å². The molecule has 0 unspecified atom stereocenters. The molecule has 0 saturated carbocycles. The minimum absolute atomic E-state index is 0.607. The van der Waals surface area contributed by atoms with Crippen LogP contribution in [-0.4, -0.2) is 9.78 Å². The highest BCUT2D eigenvalue weighted by Gasteiger charge is 2.06. The summed E-state index contributed by atoms with van der Waals surface area (Å²) in [6.07, 6.45) is 0. The maximum Gasteiger partial charge on any atom is 0.0703 e. The van der Waals surface area contributed by atoms with Gasteiger partial charge in [0.2, 0.25) is 0 Å². The van der Waals surface area contributed by atoms with Crippen LogP contribution in [0.2, 0.25) is 0 Å². The topological polar surface area (TPSA) is 69.9 Å². The fourth-order valence-corrected chi connectivity index (χ4v) is 1.51. The Kier molecular flexibility index (Phi) is 1.45. The Balaban J connectivity index is 2.91. The van der Waals surface area contributed by atoms with E-state index in [1.165, 1.54) is 0 Å². The number of hydrogen-bond donors (Lipinski definition) is 2. The summed E-state index contributed by atoms with van der Waals surface area (Å²) in [6, 6.07) is 3.72. The van der Waals surface area contributed by atoms with E-state index in [9.17, 15) is 0 Å². The highest BCUT2D eigenvalue weighted by atomic mass is 15.3. The van der Waals surface area contributed by atoms with E-state index in [4.69, 9.17) is 11.5 Å². The summed E-state index contributed by atoms with van der Waals surface area (Å²) in [5.41, 5.74) is 14.6. The summed E-state index contributed by atoms with van der Waals surface area (Å²) in [6.45, 7) is 1.96. The van der Waals surface area contributed by atoms with Gasteiger partial charge in [0, 0.05) is 12.4 Å². The SMILES string of the molecule is Cc1nn(C)c2cc(N)c(N)cc12. The molecule has 0 spiro atoms. The molecule has 68 valence electrons. The second-order valence-corrected chi connectivity index (χ2v) is 3.21. The smallest absolute Gasteiger partial charge is 0.0703 e. The van der Waals surface area contributed by atoms with Crippen LogP contribution in [0.4, 0.5) is 11.4 Å². The van der Waals surface area contributed by atoms with Crippen molar-refractivity contribution in [3.05, 3.63) is 17.8 Å². The first-order chi connectivity index (χ1) is 6.09. The van der Waals surface area contributed by atoms with Crippen LogP contribution in [0, 0.1) is 6.92 Å². The van der Waals surface area contributed by atoms with Gasteiger partial charge in [-0.05, 0) is 19.1 Å². The molecule has 0 radical (unpaired) electrons. The van der Waals surface area contributed by atoms with Crippen molar-refractivity contribution in [2.24, 2.45) is 7.05 Å². The highest BCUT2D eigenvalue weighted by Crippen LogP contribution is 2.25. The average Bonchev–Trinajstić information content (AvgIpc) is 2.31. The summed E-state index contributed by atoms with van der Waals surface area (Å²) < 4.78 is 1.81. The largest absolute Gasteiger partial charge is 0.397 e. The fraction of sp³-hybridized carbons (Fsp3) is 0.222. The third-order valence-electron chi connectivity index (χ3n) is 2.24. The first-order valence-corrected chi connectivity index (χ1v) is 4.08. The zero-order valence-electron chi connectivity index (χ0n) is 7.70. The molecule has 0 saturated heterocycles. The van der Waals surface area contributed by atoms with Crippen LogP contribution in [-0.2, 0) is 7.05 Å². The molecule has 4 nitrogen and oxygen atoms in total. The molecule has 4 N–H and O–H groups in total. The third-order valence-corrected chi connectivity index (χ3v) is 2.24. The van der Waals surface area contributed by atoms with E-state index >= 15 is 0 Å². The molecule has 0 amide bonds. The second-order valence-electron chi connectivity index (χ2n) is 3.21. The lowest BCUT2D eigenvalue weighted by molar-refractivity contribution is 0.783. The first-order valence-electron chi connectivity index (χ1n) is 4.08. The average molecular weight is 176 g/mol. The molecule has 0 aliphatic carbocycles. The quantitative estimate of drug-likeness (QED) is 0.589. The van der Waals surface area contributed by atoms with E-state index in [-0.39, 0.29) is 0 Å². The summed E-state index contributed by atoms with van der Waals surface area (Å²) in [7, 11) is 1.89. The Morgan fingerprint density at radius 3 is 2.54 bits per heavy atom. The predicted molar refractivity (Wildman–Crippen MR) is 54.3 cm³/mol. The van der Waals surface area contributed by atoms with Crippen molar-refractivity contribution in [1.29, 1.82) is 0 Å². The van der Waals surface area contributed by atoms with E-state index < -0.39 is 0 Å². The Hall–Kier alpha value is -1.71. The summed E-state index contributed by atoms with van der Waals surface area (Å²) in [5, 5.41) is 5.34. The molecule has 13 heavy (non-hydrogen) atoms. The molecule has 0 fully saturated rings. The van der Waals surface area contributed by atoms with E-state index in [1.54, 1.807) is 4.68 Å². The van der Waals surface area contributed by atoms with Crippen molar-refractivity contribution in [2.75, 3.05) is 11.5 Å². The van der Waals surface area contributed by atoms with Gasteiger partial charge in [-0.1, -0.05) is 0 Å². The van der Waals surface area contributed by atoms with Gasteiger partial charge in [-0.3, -0.25) is 4.68 Å². The number of aromatic nitrogens is 2. The molecule has 0 aliphatic heterocycles. The van der Waals surface area contributed by atoms with Gasteiger partial charge in [0.05, 0.1) is 22.6 Å². The number of aryl methyl sites for hydroxylation is 2.